The molecule has 0 aliphatic carbocycles. The molecule has 1 rings (SSSR count). The molecule has 0 unspecified atom stereocenters. The molecule has 1 heterocycles. The van der Waals surface area contributed by atoms with Crippen LogP contribution < -0.4 is 0 Å². The second kappa shape index (κ2) is 3.35. The van der Waals surface area contributed by atoms with Crippen LogP contribution in [0.5, 0.6) is 5.75 Å². The first-order valence-corrected chi connectivity index (χ1v) is 3.73. The lowest BCUT2D eigenvalue weighted by Gasteiger charge is -1.97. The lowest BCUT2D eigenvalue weighted by atomic mass is 10.3. The third-order valence-electron chi connectivity index (χ3n) is 1.15. The molecule has 0 aliphatic heterocycles. The van der Waals surface area contributed by atoms with Crippen LogP contribution in [0.4, 0.5) is 0 Å². The Balaban J connectivity index is 3.01. The minimum absolute atomic E-state index is 0.0959. The maximum absolute atomic E-state index is 8.93. The lowest BCUT2D eigenvalue weighted by molar-refractivity contribution is 0.471. The Morgan fingerprint density at radius 3 is 3.00 bits per heavy atom. The summed E-state index contributed by atoms with van der Waals surface area (Å²) in [4.78, 5) is 3.85. The number of aromatic hydroxyl groups is 1. The predicted octanol–water partition coefficient (Wildman–Crippen LogP) is 1.62. The molecule has 4 heteroatoms. The molecule has 0 amide bonds. The van der Waals surface area contributed by atoms with Gasteiger partial charge in [-0.25, -0.2) is 0 Å². The highest BCUT2D eigenvalue weighted by atomic mass is 79.9. The highest BCUT2D eigenvalue weighted by molar-refractivity contribution is 9.10. The van der Waals surface area contributed by atoms with Crippen molar-refractivity contribution in [2.24, 2.45) is 0 Å². The molecule has 1 aromatic rings. The van der Waals surface area contributed by atoms with E-state index in [2.05, 4.69) is 20.9 Å². The van der Waals surface area contributed by atoms with Gasteiger partial charge < -0.3 is 5.11 Å². The topological polar surface area (TPSA) is 56.9 Å². The summed E-state index contributed by atoms with van der Waals surface area (Å²) in [6.07, 6.45) is 1.57. The molecule has 0 fully saturated rings. The molecule has 1 aromatic heterocycles. The van der Waals surface area contributed by atoms with Gasteiger partial charge in [0.15, 0.2) is 0 Å². The largest absolute Gasteiger partial charge is 0.506 e. The third-order valence-corrected chi connectivity index (χ3v) is 1.84. The van der Waals surface area contributed by atoms with E-state index >= 15 is 0 Å². The van der Waals surface area contributed by atoms with Gasteiger partial charge in [-0.1, -0.05) is 0 Å². The molecule has 56 valence electrons. The Kier molecular flexibility index (Phi) is 2.44. The maximum atomic E-state index is 8.93. The van der Waals surface area contributed by atoms with Gasteiger partial charge in [0.05, 0.1) is 24.4 Å². The molecule has 1 N–H and O–H groups in total. The van der Waals surface area contributed by atoms with Gasteiger partial charge in [-0.2, -0.15) is 5.26 Å². The molecule has 0 saturated carbocycles. The third kappa shape index (κ3) is 1.92. The Morgan fingerprint density at radius 2 is 2.45 bits per heavy atom. The second-order valence-electron chi connectivity index (χ2n) is 1.96. The minimum atomic E-state index is 0.0959. The summed E-state index contributed by atoms with van der Waals surface area (Å²) in [5, 5.41) is 17.3. The maximum Gasteiger partial charge on any atom is 0.135 e. The molecule has 0 aliphatic rings. The number of hydrogen-bond acceptors (Lipinski definition) is 3. The number of hydrogen-bond donors (Lipinski definition) is 1. The van der Waals surface area contributed by atoms with Crippen molar-refractivity contribution < 1.29 is 5.11 Å². The second-order valence-corrected chi connectivity index (χ2v) is 2.81. The molecular formula is C7H5BrN2O. The van der Waals surface area contributed by atoms with E-state index in [9.17, 15) is 0 Å². The van der Waals surface area contributed by atoms with Gasteiger partial charge in [0.25, 0.3) is 0 Å². The van der Waals surface area contributed by atoms with Crippen molar-refractivity contribution in [1.82, 2.24) is 4.98 Å². The lowest BCUT2D eigenvalue weighted by Crippen LogP contribution is -1.87. The van der Waals surface area contributed by atoms with Gasteiger partial charge in [-0.15, -0.1) is 0 Å². The number of rotatable bonds is 1. The van der Waals surface area contributed by atoms with E-state index in [4.69, 9.17) is 10.4 Å². The van der Waals surface area contributed by atoms with Gasteiger partial charge >= 0.3 is 0 Å². The first-order valence-electron chi connectivity index (χ1n) is 2.94. The van der Waals surface area contributed by atoms with Gasteiger partial charge in [0.2, 0.25) is 0 Å². The fraction of sp³-hybridized carbons (Fsp3) is 0.143. The summed E-state index contributed by atoms with van der Waals surface area (Å²) in [6, 6.07) is 3.48. The Morgan fingerprint density at radius 1 is 1.73 bits per heavy atom. The number of nitrogens with zero attached hydrogens (tertiary/aromatic N) is 2. The average Bonchev–Trinajstić information content (AvgIpc) is 1.95. The SMILES string of the molecule is N#CCc1ncc(O)cc1Br. The van der Waals surface area contributed by atoms with Crippen molar-refractivity contribution in [3.05, 3.63) is 22.4 Å². The Hall–Kier alpha value is -1.08. The number of halogens is 1. The van der Waals surface area contributed by atoms with E-state index in [-0.39, 0.29) is 12.2 Å². The summed E-state index contributed by atoms with van der Waals surface area (Å²) in [6.45, 7) is 0. The van der Waals surface area contributed by atoms with Crippen LogP contribution in [0.25, 0.3) is 0 Å². The van der Waals surface area contributed by atoms with Crippen LogP contribution in [0.2, 0.25) is 0 Å². The first-order chi connectivity index (χ1) is 5.24. The highest BCUT2D eigenvalue weighted by Crippen LogP contribution is 2.19. The zero-order valence-electron chi connectivity index (χ0n) is 5.58. The van der Waals surface area contributed by atoms with Gasteiger partial charge in [-0.05, 0) is 22.0 Å². The normalized spacial score (nSPS) is 9.09. The van der Waals surface area contributed by atoms with E-state index < -0.39 is 0 Å². The standard InChI is InChI=1S/C7H5BrN2O/c8-6-3-5(11)4-10-7(6)1-2-9/h3-4,11H,1H2. The molecule has 0 bridgehead atoms. The van der Waals surface area contributed by atoms with Gasteiger partial charge in [0.1, 0.15) is 5.75 Å². The molecule has 0 aromatic carbocycles. The van der Waals surface area contributed by atoms with Gasteiger partial charge in [-0.3, -0.25) is 4.98 Å². The van der Waals surface area contributed by atoms with Crippen LogP contribution in [-0.4, -0.2) is 10.1 Å². The van der Waals surface area contributed by atoms with Crippen LogP contribution in [0.15, 0.2) is 16.7 Å². The predicted molar refractivity (Wildman–Crippen MR) is 42.9 cm³/mol. The van der Waals surface area contributed by atoms with Crippen molar-refractivity contribution in [1.29, 1.82) is 5.26 Å². The molecule has 0 atom stereocenters. The zero-order valence-corrected chi connectivity index (χ0v) is 7.17. The fourth-order valence-corrected chi connectivity index (χ4v) is 1.14. The van der Waals surface area contributed by atoms with E-state index in [1.165, 1.54) is 12.3 Å². The zero-order chi connectivity index (χ0) is 8.27. The molecule has 11 heavy (non-hydrogen) atoms. The van der Waals surface area contributed by atoms with E-state index in [1.54, 1.807) is 0 Å². The monoisotopic (exact) mass is 212 g/mol. The fourth-order valence-electron chi connectivity index (χ4n) is 0.661. The Labute approximate surface area is 72.4 Å². The van der Waals surface area contributed by atoms with Crippen molar-refractivity contribution in [3.8, 4) is 11.8 Å². The smallest absolute Gasteiger partial charge is 0.135 e. The van der Waals surface area contributed by atoms with Crippen LogP contribution in [0.1, 0.15) is 5.69 Å². The summed E-state index contributed by atoms with van der Waals surface area (Å²) in [7, 11) is 0. The first kappa shape index (κ1) is 8.02. The molecule has 0 spiro atoms. The summed E-state index contributed by atoms with van der Waals surface area (Å²) >= 11 is 3.17. The summed E-state index contributed by atoms with van der Waals surface area (Å²) in [5.41, 5.74) is 0.644. The molecular weight excluding hydrogens is 208 g/mol. The number of pyridine rings is 1. The van der Waals surface area contributed by atoms with Crippen molar-refractivity contribution >= 4 is 15.9 Å². The van der Waals surface area contributed by atoms with Crippen molar-refractivity contribution in [3.63, 3.8) is 0 Å². The highest BCUT2D eigenvalue weighted by Gasteiger charge is 2.00. The van der Waals surface area contributed by atoms with E-state index in [1.807, 2.05) is 6.07 Å². The number of aromatic nitrogens is 1. The van der Waals surface area contributed by atoms with Crippen LogP contribution in [-0.2, 0) is 6.42 Å². The average molecular weight is 213 g/mol. The van der Waals surface area contributed by atoms with Gasteiger partial charge in [0, 0.05) is 4.47 Å². The summed E-state index contributed by atoms with van der Waals surface area (Å²) < 4.78 is 0.666. The molecule has 0 radical (unpaired) electrons. The van der Waals surface area contributed by atoms with Crippen LogP contribution >= 0.6 is 15.9 Å². The van der Waals surface area contributed by atoms with Crippen molar-refractivity contribution in [2.75, 3.05) is 0 Å². The van der Waals surface area contributed by atoms with Crippen LogP contribution in [0, 0.1) is 11.3 Å². The van der Waals surface area contributed by atoms with E-state index in [0.717, 1.165) is 0 Å². The number of nitriles is 1. The summed E-state index contributed by atoms with van der Waals surface area (Å²) in [5.74, 6) is 0.0959. The minimum Gasteiger partial charge on any atom is -0.506 e. The van der Waals surface area contributed by atoms with E-state index in [0.29, 0.717) is 10.2 Å². The molecule has 0 saturated heterocycles. The van der Waals surface area contributed by atoms with Crippen LogP contribution in [0.3, 0.4) is 0 Å². The molecule has 3 nitrogen and oxygen atoms in total. The Bertz CT molecular complexity index is 306. The van der Waals surface area contributed by atoms with Crippen molar-refractivity contribution in [2.45, 2.75) is 6.42 Å². The quantitative estimate of drug-likeness (QED) is 0.770.